The van der Waals surface area contributed by atoms with Gasteiger partial charge in [-0.15, -0.1) is 5.10 Å². The Balaban J connectivity index is 1.37. The van der Waals surface area contributed by atoms with Crippen LogP contribution in [0.1, 0.15) is 89.9 Å². The largest absolute Gasteiger partial charge is 0.487 e. The van der Waals surface area contributed by atoms with Crippen molar-refractivity contribution in [2.45, 2.75) is 78.1 Å². The lowest BCUT2D eigenvalue weighted by atomic mass is 9.77. The summed E-state index contributed by atoms with van der Waals surface area (Å²) >= 11 is 0. The second-order valence-corrected chi connectivity index (χ2v) is 12.3. The number of hydrogen-bond acceptors (Lipinski definition) is 6. The minimum atomic E-state index is -0.911. The summed E-state index contributed by atoms with van der Waals surface area (Å²) < 4.78 is 8.19. The van der Waals surface area contributed by atoms with Crippen LogP contribution in [0.5, 0.6) is 5.75 Å². The lowest BCUT2D eigenvalue weighted by molar-refractivity contribution is -0.153. The molecule has 2 aliphatic heterocycles. The molecule has 6 rings (SSSR count). The Labute approximate surface area is 251 Å². The van der Waals surface area contributed by atoms with Crippen LogP contribution in [0.2, 0.25) is 0 Å². The normalized spacial score (nSPS) is 21.6. The summed E-state index contributed by atoms with van der Waals surface area (Å²) in [6.45, 7) is 7.55. The van der Waals surface area contributed by atoms with E-state index in [4.69, 9.17) is 4.74 Å². The van der Waals surface area contributed by atoms with Crippen molar-refractivity contribution in [2.75, 3.05) is 13.1 Å². The summed E-state index contributed by atoms with van der Waals surface area (Å²) in [5.41, 5.74) is 5.45. The van der Waals surface area contributed by atoms with Gasteiger partial charge in [-0.1, -0.05) is 42.3 Å². The SMILES string of the molecule is Cc1ccc(OCc2cn(C(C)C)nn2)c2c1CCN(C(=O)[C@@H]1CCCC[C@@H]1C(=O)O)C2CN1Cc2ccccc2C1=O. The number of fused-ring (bicyclic) bond motifs is 2. The molecule has 2 aromatic carbocycles. The highest BCUT2D eigenvalue weighted by atomic mass is 16.5. The molecule has 10 nitrogen and oxygen atoms in total. The minimum absolute atomic E-state index is 0.0587. The van der Waals surface area contributed by atoms with E-state index in [1.54, 1.807) is 9.58 Å². The van der Waals surface area contributed by atoms with Gasteiger partial charge in [0.05, 0.1) is 24.1 Å². The van der Waals surface area contributed by atoms with Crippen LogP contribution in [-0.4, -0.2) is 60.8 Å². The first-order valence-corrected chi connectivity index (χ1v) is 15.3. The fourth-order valence-electron chi connectivity index (χ4n) is 6.96. The van der Waals surface area contributed by atoms with Crippen LogP contribution in [0, 0.1) is 18.8 Å². The molecule has 1 saturated carbocycles. The van der Waals surface area contributed by atoms with Gasteiger partial charge in [-0.3, -0.25) is 14.4 Å². The average molecular weight is 586 g/mol. The predicted octanol–water partition coefficient (Wildman–Crippen LogP) is 4.72. The topological polar surface area (TPSA) is 118 Å². The van der Waals surface area contributed by atoms with E-state index in [0.717, 1.165) is 35.1 Å². The number of aliphatic carboxylic acids is 1. The van der Waals surface area contributed by atoms with Gasteiger partial charge in [-0.25, -0.2) is 4.68 Å². The summed E-state index contributed by atoms with van der Waals surface area (Å²) in [7, 11) is 0. The third-order valence-electron chi connectivity index (χ3n) is 9.30. The Morgan fingerprint density at radius 1 is 1.09 bits per heavy atom. The van der Waals surface area contributed by atoms with E-state index >= 15 is 0 Å². The van der Waals surface area contributed by atoms with Gasteiger partial charge in [0.1, 0.15) is 18.1 Å². The van der Waals surface area contributed by atoms with Crippen molar-refractivity contribution >= 4 is 17.8 Å². The Morgan fingerprint density at radius 3 is 2.58 bits per heavy atom. The zero-order valence-corrected chi connectivity index (χ0v) is 25.0. The molecule has 0 saturated heterocycles. The molecule has 1 N–H and O–H groups in total. The molecular formula is C33H39N5O5. The molecule has 1 aliphatic carbocycles. The van der Waals surface area contributed by atoms with Crippen LogP contribution in [0.3, 0.4) is 0 Å². The first kappa shape index (κ1) is 28.9. The molecule has 0 spiro atoms. The van der Waals surface area contributed by atoms with E-state index < -0.39 is 23.8 Å². The van der Waals surface area contributed by atoms with Crippen LogP contribution in [-0.2, 0) is 29.2 Å². The highest BCUT2D eigenvalue weighted by molar-refractivity contribution is 5.98. The summed E-state index contributed by atoms with van der Waals surface area (Å²) in [5.74, 6) is -1.74. The molecule has 1 fully saturated rings. The maximum absolute atomic E-state index is 14.3. The molecule has 3 atom stereocenters. The molecule has 0 bridgehead atoms. The lowest BCUT2D eigenvalue weighted by Gasteiger charge is -2.43. The van der Waals surface area contributed by atoms with Crippen molar-refractivity contribution in [1.82, 2.24) is 24.8 Å². The Bertz CT molecular complexity index is 1550. The number of benzene rings is 2. The first-order valence-electron chi connectivity index (χ1n) is 15.3. The van der Waals surface area contributed by atoms with Crippen LogP contribution in [0.15, 0.2) is 42.6 Å². The molecular weight excluding hydrogens is 546 g/mol. The predicted molar refractivity (Wildman–Crippen MR) is 158 cm³/mol. The van der Waals surface area contributed by atoms with Crippen molar-refractivity contribution in [3.63, 3.8) is 0 Å². The molecule has 226 valence electrons. The van der Waals surface area contributed by atoms with Crippen molar-refractivity contribution in [3.8, 4) is 5.75 Å². The van der Waals surface area contributed by atoms with Gasteiger partial charge in [-0.05, 0) is 68.9 Å². The van der Waals surface area contributed by atoms with Crippen molar-refractivity contribution < 1.29 is 24.2 Å². The summed E-state index contributed by atoms with van der Waals surface area (Å²) in [4.78, 5) is 43.6. The van der Waals surface area contributed by atoms with Crippen molar-refractivity contribution in [3.05, 3.63) is 76.1 Å². The molecule has 1 unspecified atom stereocenters. The van der Waals surface area contributed by atoms with Crippen molar-refractivity contribution in [1.29, 1.82) is 0 Å². The number of aryl methyl sites for hydroxylation is 1. The summed E-state index contributed by atoms with van der Waals surface area (Å²) in [6.07, 6.45) is 5.20. The molecule has 3 aliphatic rings. The number of nitrogens with zero attached hydrogens (tertiary/aromatic N) is 5. The number of carbonyl (C=O) groups is 3. The molecule has 43 heavy (non-hydrogen) atoms. The summed E-state index contributed by atoms with van der Waals surface area (Å²) in [6, 6.07) is 11.3. The van der Waals surface area contributed by atoms with E-state index in [9.17, 15) is 19.5 Å². The van der Waals surface area contributed by atoms with Gasteiger partial charge >= 0.3 is 5.97 Å². The van der Waals surface area contributed by atoms with E-state index in [-0.39, 0.29) is 24.5 Å². The second kappa shape index (κ2) is 11.8. The van der Waals surface area contributed by atoms with E-state index in [0.29, 0.717) is 55.9 Å². The zero-order chi connectivity index (χ0) is 30.2. The van der Waals surface area contributed by atoms with Gasteiger partial charge in [0.25, 0.3) is 5.91 Å². The fourth-order valence-corrected chi connectivity index (χ4v) is 6.96. The number of aromatic nitrogens is 3. The van der Waals surface area contributed by atoms with E-state index in [1.807, 2.05) is 61.3 Å². The third kappa shape index (κ3) is 5.50. The van der Waals surface area contributed by atoms with Crippen LogP contribution in [0.25, 0.3) is 0 Å². The van der Waals surface area contributed by atoms with Crippen LogP contribution < -0.4 is 4.74 Å². The Morgan fingerprint density at radius 2 is 1.86 bits per heavy atom. The van der Waals surface area contributed by atoms with Crippen molar-refractivity contribution in [2.24, 2.45) is 11.8 Å². The molecule has 2 amide bonds. The molecule has 3 aromatic rings. The smallest absolute Gasteiger partial charge is 0.307 e. The van der Waals surface area contributed by atoms with Gasteiger partial charge in [-0.2, -0.15) is 0 Å². The van der Waals surface area contributed by atoms with E-state index in [2.05, 4.69) is 17.2 Å². The number of rotatable bonds is 8. The van der Waals surface area contributed by atoms with Gasteiger partial charge in [0.15, 0.2) is 0 Å². The maximum Gasteiger partial charge on any atom is 0.307 e. The van der Waals surface area contributed by atoms with Crippen LogP contribution in [0.4, 0.5) is 0 Å². The minimum Gasteiger partial charge on any atom is -0.487 e. The number of hydrogen-bond donors (Lipinski definition) is 1. The number of ether oxygens (including phenoxy) is 1. The molecule has 10 heteroatoms. The molecule has 0 radical (unpaired) electrons. The summed E-state index contributed by atoms with van der Waals surface area (Å²) in [5, 5.41) is 18.4. The Kier molecular flexibility index (Phi) is 7.94. The second-order valence-electron chi connectivity index (χ2n) is 12.3. The number of amides is 2. The Hall–Kier alpha value is -4.21. The average Bonchev–Trinajstić information content (AvgIpc) is 3.61. The lowest BCUT2D eigenvalue weighted by Crippen LogP contribution is -2.50. The highest BCUT2D eigenvalue weighted by Crippen LogP contribution is 2.42. The first-order chi connectivity index (χ1) is 20.7. The monoisotopic (exact) mass is 585 g/mol. The van der Waals surface area contributed by atoms with Gasteiger partial charge in [0.2, 0.25) is 5.91 Å². The zero-order valence-electron chi connectivity index (χ0n) is 25.0. The van der Waals surface area contributed by atoms with Gasteiger partial charge in [0, 0.05) is 36.8 Å². The highest BCUT2D eigenvalue weighted by Gasteiger charge is 2.43. The third-order valence-corrected chi connectivity index (χ3v) is 9.30. The standard InChI is InChI=1S/C33H39N5O5/c1-20(2)38-17-23(34-35-38)19-43-29-13-12-21(3)24-14-15-37(32(40)26-10-6-7-11-27(26)33(41)42)28(30(24)29)18-36-16-22-8-4-5-9-25(22)31(36)39/h4-5,8-9,12-13,17,20,26-28H,6-7,10-11,14-16,18-19H2,1-3H3,(H,41,42)/t26-,27+,28?/m1/s1. The molecule has 1 aromatic heterocycles. The quantitative estimate of drug-likeness (QED) is 0.407. The number of carboxylic acid groups (broad SMARTS) is 1. The fraction of sp³-hybridized carbons (Fsp3) is 0.485. The number of carbonyl (C=O) groups excluding carboxylic acids is 2. The van der Waals surface area contributed by atoms with Crippen LogP contribution >= 0.6 is 0 Å². The number of carboxylic acids is 1. The van der Waals surface area contributed by atoms with Gasteiger partial charge < -0.3 is 19.6 Å². The van der Waals surface area contributed by atoms with E-state index in [1.165, 1.54) is 0 Å². The maximum atomic E-state index is 14.3. The molecule has 3 heterocycles.